The third-order valence-electron chi connectivity index (χ3n) is 1.50. The smallest absolute Gasteiger partial charge is 0.402 e. The van der Waals surface area contributed by atoms with Crippen molar-refractivity contribution in [1.82, 2.24) is 0 Å². The highest BCUT2D eigenvalue weighted by atomic mass is 16.5. The summed E-state index contributed by atoms with van der Waals surface area (Å²) in [6, 6.07) is 0. The Bertz CT molecular complexity index is 100. The van der Waals surface area contributed by atoms with Crippen LogP contribution in [0, 0.1) is 0 Å². The minimum absolute atomic E-state index is 0. The third kappa shape index (κ3) is 14.8. The van der Waals surface area contributed by atoms with Crippen LogP contribution in [0.15, 0.2) is 0 Å². The van der Waals surface area contributed by atoms with Crippen molar-refractivity contribution >= 4 is 15.7 Å². The molecule has 0 atom stereocenters. The number of rotatable bonds is 1. The van der Waals surface area contributed by atoms with Crippen LogP contribution in [0.1, 0.15) is 27.7 Å². The quantitative estimate of drug-likeness (QED) is 0.311. The van der Waals surface area contributed by atoms with Crippen LogP contribution in [-0.2, 0) is 0 Å². The first-order chi connectivity index (χ1) is 4.98. The number of hydrogen-bond acceptors (Lipinski definition) is 5. The Labute approximate surface area is 80.8 Å². The van der Waals surface area contributed by atoms with Gasteiger partial charge in [0.2, 0.25) is 0 Å². The van der Waals surface area contributed by atoms with Gasteiger partial charge < -0.3 is 25.3 Å². The van der Waals surface area contributed by atoms with Gasteiger partial charge in [0.25, 0.3) is 0 Å². The van der Waals surface area contributed by atoms with Crippen LogP contribution in [0.4, 0.5) is 0 Å². The van der Waals surface area contributed by atoms with E-state index in [0.29, 0.717) is 0 Å². The second-order valence-electron chi connectivity index (χ2n) is 3.46. The molecule has 0 saturated carbocycles. The largest absolute Gasteiger partial charge is 0.631 e. The number of hydrogen-bond donors (Lipinski definition) is 5. The molecule has 0 aromatic heterocycles. The summed E-state index contributed by atoms with van der Waals surface area (Å²) in [6.45, 7) is 6.31. The van der Waals surface area contributed by atoms with Crippen LogP contribution in [0.25, 0.3) is 0 Å². The average Bonchev–Trinajstić information content (AvgIpc) is 1.55. The highest BCUT2D eigenvalue weighted by Crippen LogP contribution is 2.19. The van der Waals surface area contributed by atoms with Gasteiger partial charge in [-0.2, -0.15) is 0 Å². The van der Waals surface area contributed by atoms with Gasteiger partial charge in [-0.15, -0.1) is 0 Å². The molecular formula is C6H17B2O5. The van der Waals surface area contributed by atoms with Gasteiger partial charge >= 0.3 is 7.32 Å². The van der Waals surface area contributed by atoms with Crippen LogP contribution >= 0.6 is 0 Å². The lowest BCUT2D eigenvalue weighted by Crippen LogP contribution is -2.44. The Hall–Kier alpha value is -0.0701. The molecule has 5 nitrogen and oxygen atoms in total. The van der Waals surface area contributed by atoms with E-state index in [0.717, 1.165) is 0 Å². The summed E-state index contributed by atoms with van der Waals surface area (Å²) in [7, 11) is -2.17. The van der Waals surface area contributed by atoms with Gasteiger partial charge in [-0.25, -0.2) is 0 Å². The molecular weight excluding hydrogens is 174 g/mol. The summed E-state index contributed by atoms with van der Waals surface area (Å²) in [5.41, 5.74) is -2.01. The van der Waals surface area contributed by atoms with E-state index in [2.05, 4.69) is 0 Å². The van der Waals surface area contributed by atoms with Gasteiger partial charge in [0.1, 0.15) is 0 Å². The first-order valence-electron chi connectivity index (χ1n) is 3.47. The predicted octanol–water partition coefficient (Wildman–Crippen LogP) is -1.90. The molecule has 0 rings (SSSR count). The van der Waals surface area contributed by atoms with E-state index in [1.165, 1.54) is 0 Å². The normalized spacial score (nSPS) is 10.8. The molecule has 0 bridgehead atoms. The second kappa shape index (κ2) is 6.39. The fraction of sp³-hybridized carbons (Fsp3) is 1.00. The van der Waals surface area contributed by atoms with E-state index in [1.54, 1.807) is 27.7 Å². The Balaban J connectivity index is -0.000000173. The van der Waals surface area contributed by atoms with Gasteiger partial charge in [0.15, 0.2) is 0 Å². The summed E-state index contributed by atoms with van der Waals surface area (Å²) in [6.07, 6.45) is 0. The van der Waals surface area contributed by atoms with Crippen molar-refractivity contribution < 1.29 is 25.3 Å². The molecule has 0 unspecified atom stereocenters. The van der Waals surface area contributed by atoms with Crippen molar-refractivity contribution in [2.24, 2.45) is 0 Å². The van der Waals surface area contributed by atoms with E-state index < -0.39 is 18.5 Å². The zero-order valence-electron chi connectivity index (χ0n) is 8.39. The van der Waals surface area contributed by atoms with Crippen molar-refractivity contribution in [2.75, 3.05) is 0 Å². The van der Waals surface area contributed by atoms with Crippen LogP contribution in [-0.4, -0.2) is 52.2 Å². The molecule has 7 heteroatoms. The first-order valence-corrected chi connectivity index (χ1v) is 3.47. The molecule has 0 aliphatic rings. The summed E-state index contributed by atoms with van der Waals surface area (Å²) in [4.78, 5) is 0. The standard InChI is InChI=1S/C6H14O2.BH3O3.B/c1-5(2,7)6(3,4)8;2-1(3)4;/h7-8H,1-4H3;2-4H;. The second-order valence-corrected chi connectivity index (χ2v) is 3.46. The lowest BCUT2D eigenvalue weighted by Gasteiger charge is -2.31. The number of aliphatic hydroxyl groups is 2. The van der Waals surface area contributed by atoms with Gasteiger partial charge in [0.05, 0.1) is 11.2 Å². The van der Waals surface area contributed by atoms with Crippen molar-refractivity contribution in [3.8, 4) is 0 Å². The molecule has 5 N–H and O–H groups in total. The minimum atomic E-state index is -2.17. The predicted molar refractivity (Wildman–Crippen MR) is 50.8 cm³/mol. The maximum Gasteiger partial charge on any atom is 0.631 e. The molecule has 13 heavy (non-hydrogen) atoms. The summed E-state index contributed by atoms with van der Waals surface area (Å²) in [5.74, 6) is 0. The maximum atomic E-state index is 9.10. The first kappa shape index (κ1) is 18.7. The monoisotopic (exact) mass is 191 g/mol. The zero-order chi connectivity index (χ0) is 10.6. The molecule has 0 amide bonds. The Morgan fingerprint density at radius 1 is 0.769 bits per heavy atom. The van der Waals surface area contributed by atoms with E-state index in [4.69, 9.17) is 25.3 Å². The van der Waals surface area contributed by atoms with E-state index in [9.17, 15) is 0 Å². The Kier molecular flexibility index (Phi) is 9.18. The van der Waals surface area contributed by atoms with Crippen molar-refractivity contribution in [1.29, 1.82) is 0 Å². The lowest BCUT2D eigenvalue weighted by molar-refractivity contribution is -0.107. The highest BCUT2D eigenvalue weighted by molar-refractivity contribution is 6.30. The molecule has 0 heterocycles. The zero-order valence-corrected chi connectivity index (χ0v) is 8.39. The van der Waals surface area contributed by atoms with E-state index >= 15 is 0 Å². The van der Waals surface area contributed by atoms with E-state index in [1.807, 2.05) is 0 Å². The summed E-state index contributed by atoms with van der Waals surface area (Å²) < 4.78 is 0. The van der Waals surface area contributed by atoms with Crippen LogP contribution in [0.5, 0.6) is 0 Å². The highest BCUT2D eigenvalue weighted by Gasteiger charge is 2.31. The van der Waals surface area contributed by atoms with Crippen molar-refractivity contribution in [2.45, 2.75) is 38.9 Å². The third-order valence-corrected chi connectivity index (χ3v) is 1.50. The van der Waals surface area contributed by atoms with E-state index in [-0.39, 0.29) is 8.41 Å². The molecule has 3 radical (unpaired) electrons. The van der Waals surface area contributed by atoms with Crippen molar-refractivity contribution in [3.05, 3.63) is 0 Å². The molecule has 0 saturated heterocycles. The molecule has 0 aromatic carbocycles. The molecule has 77 valence electrons. The minimum Gasteiger partial charge on any atom is -0.402 e. The summed E-state index contributed by atoms with van der Waals surface area (Å²) >= 11 is 0. The van der Waals surface area contributed by atoms with Gasteiger partial charge in [-0.05, 0) is 27.7 Å². The topological polar surface area (TPSA) is 101 Å². The van der Waals surface area contributed by atoms with Crippen LogP contribution in [0.2, 0.25) is 0 Å². The SMILES string of the molecule is CC(C)(O)C(C)(C)O.OB(O)O.[B]. The molecule has 0 aliphatic carbocycles. The van der Waals surface area contributed by atoms with Crippen LogP contribution < -0.4 is 0 Å². The van der Waals surface area contributed by atoms with Crippen molar-refractivity contribution in [3.63, 3.8) is 0 Å². The van der Waals surface area contributed by atoms with Gasteiger partial charge in [0, 0.05) is 8.41 Å². The lowest BCUT2D eigenvalue weighted by atomic mass is 9.90. The molecule has 0 aliphatic heterocycles. The average molecular weight is 191 g/mol. The Morgan fingerprint density at radius 3 is 0.846 bits per heavy atom. The molecule has 0 spiro atoms. The van der Waals surface area contributed by atoms with Gasteiger partial charge in [-0.3, -0.25) is 0 Å². The summed E-state index contributed by atoms with van der Waals surface area (Å²) in [5, 5.41) is 39.7. The molecule has 0 fully saturated rings. The fourth-order valence-electron chi connectivity index (χ4n) is 0. The molecule has 0 aromatic rings. The Morgan fingerprint density at radius 2 is 0.846 bits per heavy atom. The van der Waals surface area contributed by atoms with Crippen LogP contribution in [0.3, 0.4) is 0 Å². The fourth-order valence-corrected chi connectivity index (χ4v) is 0. The maximum absolute atomic E-state index is 9.10. The van der Waals surface area contributed by atoms with Gasteiger partial charge in [-0.1, -0.05) is 0 Å².